The summed E-state index contributed by atoms with van der Waals surface area (Å²) in [6, 6.07) is 12.4. The molecular formula is C18H21BrN3O3+. The van der Waals surface area contributed by atoms with Crippen molar-refractivity contribution in [2.45, 2.75) is 13.0 Å². The van der Waals surface area contributed by atoms with Gasteiger partial charge in [0.2, 0.25) is 5.91 Å². The van der Waals surface area contributed by atoms with Gasteiger partial charge in [0, 0.05) is 16.8 Å². The molecule has 2 aromatic rings. The molecule has 0 unspecified atom stereocenters. The van der Waals surface area contributed by atoms with Gasteiger partial charge in [-0.15, -0.1) is 0 Å². The summed E-state index contributed by atoms with van der Waals surface area (Å²) in [5.41, 5.74) is 7.31. The molecule has 0 aliphatic carbocycles. The second-order valence-corrected chi connectivity index (χ2v) is 6.47. The van der Waals surface area contributed by atoms with Crippen LogP contribution in [0.5, 0.6) is 5.75 Å². The summed E-state index contributed by atoms with van der Waals surface area (Å²) < 4.78 is 6.10. The Morgan fingerprint density at radius 3 is 2.48 bits per heavy atom. The topological polar surface area (TPSA) is 98.0 Å². The summed E-state index contributed by atoms with van der Waals surface area (Å²) in [5, 5.41) is 4.74. The van der Waals surface area contributed by atoms with Crippen molar-refractivity contribution in [3.05, 3.63) is 58.1 Å². The fourth-order valence-electron chi connectivity index (χ4n) is 2.32. The fraction of sp³-hybridized carbons (Fsp3) is 0.222. The Kier molecular flexibility index (Phi) is 6.55. The second kappa shape index (κ2) is 8.64. The predicted octanol–water partition coefficient (Wildman–Crippen LogP) is 1.82. The fourth-order valence-corrected chi connectivity index (χ4v) is 2.87. The zero-order valence-corrected chi connectivity index (χ0v) is 15.7. The van der Waals surface area contributed by atoms with Crippen LogP contribution in [0.15, 0.2) is 46.9 Å². The number of anilines is 1. The normalized spacial score (nSPS) is 11.6. The molecule has 0 aliphatic rings. The zero-order chi connectivity index (χ0) is 18.4. The number of nitrogens with two attached hydrogens (primary N) is 2. The lowest BCUT2D eigenvalue weighted by molar-refractivity contribution is -0.682. The number of halogens is 1. The average molecular weight is 407 g/mol. The number of carbonyl (C=O) groups excluding carboxylic acids is 2. The summed E-state index contributed by atoms with van der Waals surface area (Å²) in [7, 11) is 1.62. The van der Waals surface area contributed by atoms with E-state index >= 15 is 0 Å². The standard InChI is InChI=1S/C18H20BrN3O3/c1-11(13-5-8-16(25-2)15(19)9-13)21-10-17(23)22-14-6-3-12(4-7-14)18(20)24/h3-9,11,21H,10H2,1-2H3,(H2,20,24)(H,22,23)/p+1/t11-/m0/s1. The van der Waals surface area contributed by atoms with Crippen molar-refractivity contribution >= 4 is 33.4 Å². The van der Waals surface area contributed by atoms with Crippen LogP contribution in [0.3, 0.4) is 0 Å². The molecule has 0 aliphatic heterocycles. The number of nitrogens with one attached hydrogen (secondary N) is 1. The van der Waals surface area contributed by atoms with Crippen molar-refractivity contribution in [3.8, 4) is 5.75 Å². The van der Waals surface area contributed by atoms with Crippen LogP contribution in [0.25, 0.3) is 0 Å². The van der Waals surface area contributed by atoms with E-state index in [4.69, 9.17) is 10.5 Å². The van der Waals surface area contributed by atoms with Crippen LogP contribution in [-0.2, 0) is 4.79 Å². The van der Waals surface area contributed by atoms with E-state index in [0.717, 1.165) is 15.8 Å². The molecule has 2 rings (SSSR count). The Balaban J connectivity index is 1.88. The van der Waals surface area contributed by atoms with Crippen LogP contribution in [0.4, 0.5) is 5.69 Å². The molecule has 0 bridgehead atoms. The molecule has 0 aromatic heterocycles. The van der Waals surface area contributed by atoms with E-state index in [9.17, 15) is 9.59 Å². The number of amides is 2. The maximum absolute atomic E-state index is 12.1. The Hall–Kier alpha value is -2.38. The van der Waals surface area contributed by atoms with Gasteiger partial charge in [0.05, 0.1) is 11.6 Å². The molecule has 1 atom stereocenters. The van der Waals surface area contributed by atoms with E-state index in [1.807, 2.05) is 30.4 Å². The summed E-state index contributed by atoms with van der Waals surface area (Å²) in [6.45, 7) is 2.31. The summed E-state index contributed by atoms with van der Waals surface area (Å²) in [6.07, 6.45) is 0. The van der Waals surface area contributed by atoms with E-state index in [1.165, 1.54) is 0 Å². The van der Waals surface area contributed by atoms with Gasteiger partial charge >= 0.3 is 0 Å². The lowest BCUT2D eigenvalue weighted by Gasteiger charge is -2.13. The lowest BCUT2D eigenvalue weighted by atomic mass is 10.1. The van der Waals surface area contributed by atoms with Gasteiger partial charge in [0.25, 0.3) is 5.91 Å². The third kappa shape index (κ3) is 5.30. The van der Waals surface area contributed by atoms with E-state index in [2.05, 4.69) is 21.2 Å². The number of carbonyl (C=O) groups is 2. The molecule has 7 heteroatoms. The first-order chi connectivity index (χ1) is 11.9. The first-order valence-corrected chi connectivity index (χ1v) is 8.56. The summed E-state index contributed by atoms with van der Waals surface area (Å²) in [5.74, 6) is 0.157. The highest BCUT2D eigenvalue weighted by molar-refractivity contribution is 9.10. The minimum absolute atomic E-state index is 0.116. The minimum Gasteiger partial charge on any atom is -0.496 e. The van der Waals surface area contributed by atoms with Gasteiger partial charge in [0.15, 0.2) is 6.54 Å². The number of primary amides is 1. The third-order valence-corrected chi connectivity index (χ3v) is 4.43. The van der Waals surface area contributed by atoms with Crippen LogP contribution in [0, 0.1) is 0 Å². The predicted molar refractivity (Wildman–Crippen MR) is 99.5 cm³/mol. The first-order valence-electron chi connectivity index (χ1n) is 7.77. The molecule has 0 fully saturated rings. The lowest BCUT2D eigenvalue weighted by Crippen LogP contribution is -2.86. The van der Waals surface area contributed by atoms with Crippen LogP contribution < -0.4 is 21.1 Å². The van der Waals surface area contributed by atoms with E-state index in [0.29, 0.717) is 11.3 Å². The molecule has 0 saturated carbocycles. The average Bonchev–Trinajstić information content (AvgIpc) is 2.60. The summed E-state index contributed by atoms with van der Waals surface area (Å²) >= 11 is 3.46. The number of rotatable bonds is 7. The van der Waals surface area contributed by atoms with Crippen LogP contribution in [-0.4, -0.2) is 25.5 Å². The number of quaternary nitrogens is 1. The Morgan fingerprint density at radius 1 is 1.24 bits per heavy atom. The maximum Gasteiger partial charge on any atom is 0.279 e. The number of benzene rings is 2. The maximum atomic E-state index is 12.1. The van der Waals surface area contributed by atoms with Crippen molar-refractivity contribution in [2.24, 2.45) is 5.73 Å². The Labute approximate surface area is 154 Å². The quantitative estimate of drug-likeness (QED) is 0.653. The van der Waals surface area contributed by atoms with Gasteiger partial charge in [0.1, 0.15) is 11.8 Å². The highest BCUT2D eigenvalue weighted by atomic mass is 79.9. The zero-order valence-electron chi connectivity index (χ0n) is 14.1. The molecule has 0 radical (unpaired) electrons. The van der Waals surface area contributed by atoms with E-state index < -0.39 is 5.91 Å². The van der Waals surface area contributed by atoms with E-state index in [-0.39, 0.29) is 18.5 Å². The molecule has 0 spiro atoms. The third-order valence-electron chi connectivity index (χ3n) is 3.81. The minimum atomic E-state index is -0.495. The van der Waals surface area contributed by atoms with Gasteiger partial charge in [-0.25, -0.2) is 0 Å². The SMILES string of the molecule is COc1ccc([C@H](C)[NH2+]CC(=O)Nc2ccc(C(N)=O)cc2)cc1Br. The Morgan fingerprint density at radius 2 is 1.92 bits per heavy atom. The second-order valence-electron chi connectivity index (χ2n) is 5.61. The number of methoxy groups -OCH3 is 1. The molecule has 2 aromatic carbocycles. The molecule has 2 amide bonds. The smallest absolute Gasteiger partial charge is 0.279 e. The number of ether oxygens (including phenoxy) is 1. The van der Waals surface area contributed by atoms with Crippen molar-refractivity contribution in [1.29, 1.82) is 0 Å². The molecule has 6 nitrogen and oxygen atoms in total. The molecule has 5 N–H and O–H groups in total. The van der Waals surface area contributed by atoms with Crippen molar-refractivity contribution in [2.75, 3.05) is 19.0 Å². The van der Waals surface area contributed by atoms with Gasteiger partial charge in [-0.1, -0.05) is 0 Å². The van der Waals surface area contributed by atoms with E-state index in [1.54, 1.807) is 31.4 Å². The van der Waals surface area contributed by atoms with Gasteiger partial charge in [-0.2, -0.15) is 0 Å². The van der Waals surface area contributed by atoms with Crippen molar-refractivity contribution < 1.29 is 19.6 Å². The van der Waals surface area contributed by atoms with Crippen molar-refractivity contribution in [3.63, 3.8) is 0 Å². The number of hydrogen-bond acceptors (Lipinski definition) is 3. The first kappa shape index (κ1) is 19.0. The van der Waals surface area contributed by atoms with Crippen LogP contribution in [0.1, 0.15) is 28.9 Å². The largest absolute Gasteiger partial charge is 0.496 e. The molecule has 0 heterocycles. The molecule has 132 valence electrons. The highest BCUT2D eigenvalue weighted by Crippen LogP contribution is 2.27. The monoisotopic (exact) mass is 406 g/mol. The Bertz CT molecular complexity index is 763. The van der Waals surface area contributed by atoms with Crippen molar-refractivity contribution in [1.82, 2.24) is 0 Å². The van der Waals surface area contributed by atoms with Gasteiger partial charge in [-0.3, -0.25) is 9.59 Å². The molecule has 0 saturated heterocycles. The molecule has 25 heavy (non-hydrogen) atoms. The van der Waals surface area contributed by atoms with Crippen LogP contribution >= 0.6 is 15.9 Å². The van der Waals surface area contributed by atoms with Crippen LogP contribution in [0.2, 0.25) is 0 Å². The highest BCUT2D eigenvalue weighted by Gasteiger charge is 2.13. The summed E-state index contributed by atoms with van der Waals surface area (Å²) in [4.78, 5) is 23.1. The van der Waals surface area contributed by atoms with Gasteiger partial charge in [-0.05, 0) is 65.3 Å². The molecular weight excluding hydrogens is 386 g/mol. The number of hydrogen-bond donors (Lipinski definition) is 3. The van der Waals surface area contributed by atoms with Gasteiger partial charge < -0.3 is 21.1 Å².